The van der Waals surface area contributed by atoms with E-state index in [9.17, 15) is 10.2 Å². The van der Waals surface area contributed by atoms with Crippen molar-refractivity contribution in [3.8, 4) is 11.5 Å². The van der Waals surface area contributed by atoms with Crippen LogP contribution in [-0.4, -0.2) is 91.9 Å². The number of β-amino-alcohol motifs (C(OH)–C–C–N with tert-alkyl or cyclic N) is 1. The quantitative estimate of drug-likeness (QED) is 0.645. The van der Waals surface area contributed by atoms with Crippen LogP contribution in [0.5, 0.6) is 11.5 Å². The highest BCUT2D eigenvalue weighted by Gasteiger charge is 2.39. The Morgan fingerprint density at radius 1 is 1.15 bits per heavy atom. The monoisotopic (exact) mass is 462 g/mol. The van der Waals surface area contributed by atoms with E-state index in [2.05, 4.69) is 42.7 Å². The Morgan fingerprint density at radius 3 is 2.61 bits per heavy atom. The van der Waals surface area contributed by atoms with Crippen molar-refractivity contribution in [2.75, 3.05) is 59.7 Å². The molecule has 4 atom stereocenters. The summed E-state index contributed by atoms with van der Waals surface area (Å²) in [7, 11) is 1.66. The van der Waals surface area contributed by atoms with Crippen LogP contribution < -0.4 is 9.47 Å². The molecule has 7 heteroatoms. The molecule has 0 spiro atoms. The maximum Gasteiger partial charge on any atom is 0.161 e. The Kier molecular flexibility index (Phi) is 7.86. The normalized spacial score (nSPS) is 27.5. The molecule has 3 heterocycles. The van der Waals surface area contributed by atoms with Gasteiger partial charge in [-0.2, -0.15) is 0 Å². The molecule has 2 saturated heterocycles. The van der Waals surface area contributed by atoms with Crippen molar-refractivity contribution in [3.63, 3.8) is 0 Å². The molecule has 0 bridgehead atoms. The van der Waals surface area contributed by atoms with Crippen molar-refractivity contribution < 1.29 is 24.4 Å². The second kappa shape index (κ2) is 10.5. The number of aliphatic hydroxyl groups is 2. The minimum absolute atomic E-state index is 0.216. The number of morpholine rings is 1. The topological polar surface area (TPSA) is 74.6 Å². The third kappa shape index (κ3) is 6.20. The number of hydrogen-bond donors (Lipinski definition) is 2. The molecule has 0 radical (unpaired) electrons. The SMILES string of the molecule is COc1cc2c(cc1OCC(O)CN1CCOCC1)CCN1C[C@@H](CC(C)(C)C)[C@H](O)C[C@H]21. The summed E-state index contributed by atoms with van der Waals surface area (Å²) in [6.45, 7) is 12.6. The minimum atomic E-state index is -0.562. The molecular weight excluding hydrogens is 420 g/mol. The molecule has 3 aliphatic heterocycles. The largest absolute Gasteiger partial charge is 0.493 e. The lowest BCUT2D eigenvalue weighted by Crippen LogP contribution is -2.48. The molecule has 33 heavy (non-hydrogen) atoms. The predicted octanol–water partition coefficient (Wildman–Crippen LogP) is 2.48. The van der Waals surface area contributed by atoms with E-state index in [1.807, 2.05) is 0 Å². The van der Waals surface area contributed by atoms with Crippen molar-refractivity contribution >= 4 is 0 Å². The summed E-state index contributed by atoms with van der Waals surface area (Å²) < 4.78 is 17.1. The third-order valence-corrected chi connectivity index (χ3v) is 7.25. The second-order valence-electron chi connectivity index (χ2n) is 11.2. The van der Waals surface area contributed by atoms with Gasteiger partial charge in [0.05, 0.1) is 26.4 Å². The lowest BCUT2D eigenvalue weighted by atomic mass is 9.75. The Hall–Kier alpha value is -1.38. The Balaban J connectivity index is 1.42. The molecule has 2 fully saturated rings. The first-order chi connectivity index (χ1) is 15.7. The first-order valence-corrected chi connectivity index (χ1v) is 12.5. The van der Waals surface area contributed by atoms with Gasteiger partial charge in [-0.15, -0.1) is 0 Å². The van der Waals surface area contributed by atoms with E-state index >= 15 is 0 Å². The van der Waals surface area contributed by atoms with Gasteiger partial charge in [-0.1, -0.05) is 20.8 Å². The first kappa shape index (κ1) is 24.7. The molecule has 1 unspecified atom stereocenters. The van der Waals surface area contributed by atoms with Crippen LogP contribution in [0.4, 0.5) is 0 Å². The van der Waals surface area contributed by atoms with Crippen molar-refractivity contribution in [1.82, 2.24) is 9.80 Å². The molecule has 186 valence electrons. The Morgan fingerprint density at radius 2 is 1.91 bits per heavy atom. The number of hydrogen-bond acceptors (Lipinski definition) is 7. The van der Waals surface area contributed by atoms with Gasteiger partial charge in [0.1, 0.15) is 12.7 Å². The molecule has 3 aliphatic rings. The number of fused-ring (bicyclic) bond motifs is 3. The van der Waals surface area contributed by atoms with Gasteiger partial charge in [-0.05, 0) is 53.9 Å². The minimum Gasteiger partial charge on any atom is -0.493 e. The molecule has 2 N–H and O–H groups in total. The van der Waals surface area contributed by atoms with E-state index in [4.69, 9.17) is 14.2 Å². The molecule has 1 aromatic carbocycles. The van der Waals surface area contributed by atoms with Gasteiger partial charge in [0, 0.05) is 38.8 Å². The lowest BCUT2D eigenvalue weighted by Gasteiger charge is -2.47. The standard InChI is InChI=1S/C26H42N2O5/c1-26(2,3)14-19-15-28-6-5-18-11-25(24(31-4)12-21(18)22(28)13-23(19)30)33-17-20(29)16-27-7-9-32-10-8-27/h11-12,19-20,22-23,29-30H,5-10,13-17H2,1-4H3/t19-,20?,22-,23-/m1/s1. The fraction of sp³-hybridized carbons (Fsp3) is 0.769. The zero-order valence-electron chi connectivity index (χ0n) is 20.8. The second-order valence-corrected chi connectivity index (χ2v) is 11.2. The summed E-state index contributed by atoms with van der Waals surface area (Å²) in [5.41, 5.74) is 2.72. The molecule has 0 aromatic heterocycles. The number of rotatable bonds is 7. The smallest absolute Gasteiger partial charge is 0.161 e. The van der Waals surface area contributed by atoms with Gasteiger partial charge >= 0.3 is 0 Å². The van der Waals surface area contributed by atoms with E-state index in [0.29, 0.717) is 24.0 Å². The third-order valence-electron chi connectivity index (χ3n) is 7.25. The van der Waals surface area contributed by atoms with Crippen LogP contribution in [0.2, 0.25) is 0 Å². The summed E-state index contributed by atoms with van der Waals surface area (Å²) in [6, 6.07) is 4.39. The van der Waals surface area contributed by atoms with Crippen LogP contribution in [0, 0.1) is 11.3 Å². The van der Waals surface area contributed by atoms with Crippen molar-refractivity contribution in [1.29, 1.82) is 0 Å². The van der Waals surface area contributed by atoms with Gasteiger partial charge in [0.15, 0.2) is 11.5 Å². The molecular formula is C26H42N2O5. The number of methoxy groups -OCH3 is 1. The van der Waals surface area contributed by atoms with Crippen LogP contribution in [0.15, 0.2) is 12.1 Å². The molecule has 4 rings (SSSR count). The highest BCUT2D eigenvalue weighted by atomic mass is 16.5. The van der Waals surface area contributed by atoms with Crippen molar-refractivity contribution in [2.24, 2.45) is 11.3 Å². The van der Waals surface area contributed by atoms with E-state index < -0.39 is 6.10 Å². The first-order valence-electron chi connectivity index (χ1n) is 12.5. The van der Waals surface area contributed by atoms with E-state index in [0.717, 1.165) is 58.7 Å². The Bertz CT molecular complexity index is 790. The molecule has 7 nitrogen and oxygen atoms in total. The highest BCUT2D eigenvalue weighted by Crippen LogP contribution is 2.44. The number of nitrogens with zero attached hydrogens (tertiary/aromatic N) is 2. The van der Waals surface area contributed by atoms with Crippen molar-refractivity contribution in [2.45, 2.75) is 58.3 Å². The number of aliphatic hydroxyl groups excluding tert-OH is 2. The van der Waals surface area contributed by atoms with Crippen LogP contribution >= 0.6 is 0 Å². The van der Waals surface area contributed by atoms with Gasteiger partial charge in [-0.3, -0.25) is 9.80 Å². The van der Waals surface area contributed by atoms with Gasteiger partial charge < -0.3 is 24.4 Å². The zero-order chi connectivity index (χ0) is 23.6. The molecule has 0 aliphatic carbocycles. The van der Waals surface area contributed by atoms with Crippen LogP contribution in [0.3, 0.4) is 0 Å². The van der Waals surface area contributed by atoms with Gasteiger partial charge in [-0.25, -0.2) is 0 Å². The molecule has 0 amide bonds. The van der Waals surface area contributed by atoms with Gasteiger partial charge in [0.25, 0.3) is 0 Å². The number of piperidine rings is 1. The van der Waals surface area contributed by atoms with Crippen LogP contribution in [-0.2, 0) is 11.2 Å². The highest BCUT2D eigenvalue weighted by molar-refractivity contribution is 5.49. The fourth-order valence-corrected chi connectivity index (χ4v) is 5.68. The summed E-state index contributed by atoms with van der Waals surface area (Å²) in [5.74, 6) is 1.70. The van der Waals surface area contributed by atoms with Crippen LogP contribution in [0.1, 0.15) is 50.8 Å². The summed E-state index contributed by atoms with van der Waals surface area (Å²) in [5, 5.41) is 21.4. The summed E-state index contributed by atoms with van der Waals surface area (Å²) in [6.07, 6.45) is 1.91. The van der Waals surface area contributed by atoms with E-state index in [-0.39, 0.29) is 24.2 Å². The average molecular weight is 463 g/mol. The van der Waals surface area contributed by atoms with E-state index in [1.54, 1.807) is 7.11 Å². The maximum atomic E-state index is 10.9. The number of ether oxygens (including phenoxy) is 3. The zero-order valence-corrected chi connectivity index (χ0v) is 20.8. The lowest BCUT2D eigenvalue weighted by molar-refractivity contribution is -0.0259. The van der Waals surface area contributed by atoms with E-state index in [1.165, 1.54) is 11.1 Å². The summed E-state index contributed by atoms with van der Waals surface area (Å²) >= 11 is 0. The Labute approximate surface area is 198 Å². The van der Waals surface area contributed by atoms with Crippen molar-refractivity contribution in [3.05, 3.63) is 23.3 Å². The molecule has 0 saturated carbocycles. The molecule has 1 aromatic rings. The summed E-state index contributed by atoms with van der Waals surface area (Å²) in [4.78, 5) is 4.75. The average Bonchev–Trinajstić information content (AvgIpc) is 2.77. The van der Waals surface area contributed by atoms with Gasteiger partial charge in [0.2, 0.25) is 0 Å². The predicted molar refractivity (Wildman–Crippen MR) is 128 cm³/mol. The van der Waals surface area contributed by atoms with Crippen LogP contribution in [0.25, 0.3) is 0 Å². The number of benzene rings is 1. The fourth-order valence-electron chi connectivity index (χ4n) is 5.68. The maximum absolute atomic E-state index is 10.9.